The van der Waals surface area contributed by atoms with Crippen LogP contribution in [0.5, 0.6) is 0 Å². The molecule has 1 aromatic carbocycles. The molecular formula is C12H14O6. The summed E-state index contributed by atoms with van der Waals surface area (Å²) >= 11 is 0. The zero-order valence-corrected chi connectivity index (χ0v) is 9.79. The van der Waals surface area contributed by atoms with E-state index in [9.17, 15) is 9.59 Å². The minimum absolute atomic E-state index is 0.00696. The molecule has 98 valence electrons. The molecule has 0 aliphatic rings. The number of hydrogen-bond donors (Lipinski definition) is 3. The summed E-state index contributed by atoms with van der Waals surface area (Å²) in [6.45, 7) is 1.35. The van der Waals surface area contributed by atoms with Crippen LogP contribution in [0.1, 0.15) is 33.2 Å². The molecule has 0 saturated heterocycles. The van der Waals surface area contributed by atoms with Gasteiger partial charge in [0.05, 0.1) is 30.4 Å². The van der Waals surface area contributed by atoms with E-state index in [0.29, 0.717) is 0 Å². The lowest BCUT2D eigenvalue weighted by Crippen LogP contribution is -2.14. The summed E-state index contributed by atoms with van der Waals surface area (Å²) < 4.78 is 5.09. The van der Waals surface area contributed by atoms with Gasteiger partial charge in [-0.15, -0.1) is 0 Å². The minimum atomic E-state index is -1.21. The number of benzene rings is 1. The van der Waals surface area contributed by atoms with E-state index in [1.807, 2.05) is 0 Å². The van der Waals surface area contributed by atoms with Crippen molar-refractivity contribution in [3.63, 3.8) is 0 Å². The second-order valence-electron chi connectivity index (χ2n) is 3.81. The second-order valence-corrected chi connectivity index (χ2v) is 3.81. The summed E-state index contributed by atoms with van der Waals surface area (Å²) in [5, 5.41) is 27.0. The summed E-state index contributed by atoms with van der Waals surface area (Å²) in [5.74, 6) is -2.43. The molecule has 6 nitrogen and oxygen atoms in total. The Labute approximate surface area is 103 Å². The highest BCUT2D eigenvalue weighted by Crippen LogP contribution is 2.17. The lowest BCUT2D eigenvalue weighted by Gasteiger charge is -2.11. The molecule has 3 N–H and O–H groups in total. The summed E-state index contributed by atoms with van der Waals surface area (Å²) in [6, 6.07) is 4.00. The van der Waals surface area contributed by atoms with Gasteiger partial charge in [0.15, 0.2) is 0 Å². The SMILES string of the molecule is CC(O)COCc1c(C(=O)O)cccc1C(=O)O. The fraction of sp³-hybridized carbons (Fsp3) is 0.333. The van der Waals surface area contributed by atoms with Crippen LogP contribution in [0, 0.1) is 0 Å². The summed E-state index contributed by atoms with van der Waals surface area (Å²) in [4.78, 5) is 22.0. The Bertz CT molecular complexity index is 420. The summed E-state index contributed by atoms with van der Waals surface area (Å²) in [6.07, 6.45) is -0.699. The number of carboxylic acids is 2. The van der Waals surface area contributed by atoms with Crippen molar-refractivity contribution < 1.29 is 29.6 Å². The quantitative estimate of drug-likeness (QED) is 0.699. The summed E-state index contributed by atoms with van der Waals surface area (Å²) in [5.41, 5.74) is -0.126. The highest BCUT2D eigenvalue weighted by Gasteiger charge is 2.18. The van der Waals surface area contributed by atoms with Crippen molar-refractivity contribution in [2.24, 2.45) is 0 Å². The van der Waals surface area contributed by atoms with Gasteiger partial charge in [-0.1, -0.05) is 6.07 Å². The molecule has 1 aromatic rings. The van der Waals surface area contributed by atoms with E-state index in [1.165, 1.54) is 25.1 Å². The van der Waals surface area contributed by atoms with Crippen molar-refractivity contribution in [3.8, 4) is 0 Å². The maximum absolute atomic E-state index is 11.0. The van der Waals surface area contributed by atoms with Crippen LogP contribution in [0.25, 0.3) is 0 Å². The number of aliphatic hydroxyl groups is 1. The normalized spacial score (nSPS) is 12.1. The molecule has 0 spiro atoms. The van der Waals surface area contributed by atoms with Crippen LogP contribution in [-0.4, -0.2) is 40.0 Å². The van der Waals surface area contributed by atoms with E-state index in [1.54, 1.807) is 0 Å². The van der Waals surface area contributed by atoms with Gasteiger partial charge < -0.3 is 20.1 Å². The van der Waals surface area contributed by atoms with Gasteiger partial charge >= 0.3 is 11.9 Å². The van der Waals surface area contributed by atoms with E-state index in [-0.39, 0.29) is 29.9 Å². The molecular weight excluding hydrogens is 240 g/mol. The van der Waals surface area contributed by atoms with E-state index in [0.717, 1.165) is 0 Å². The molecule has 0 aromatic heterocycles. The first kappa shape index (κ1) is 14.1. The molecule has 0 bridgehead atoms. The van der Waals surface area contributed by atoms with Crippen LogP contribution < -0.4 is 0 Å². The number of aliphatic hydroxyl groups excluding tert-OH is 1. The number of aromatic carboxylic acids is 2. The Balaban J connectivity index is 3.03. The van der Waals surface area contributed by atoms with Crippen LogP contribution in [0.3, 0.4) is 0 Å². The Morgan fingerprint density at radius 3 is 2.11 bits per heavy atom. The smallest absolute Gasteiger partial charge is 0.336 e. The third kappa shape index (κ3) is 3.54. The zero-order chi connectivity index (χ0) is 13.7. The van der Waals surface area contributed by atoms with Gasteiger partial charge in [0.1, 0.15) is 0 Å². The van der Waals surface area contributed by atoms with E-state index in [4.69, 9.17) is 20.1 Å². The molecule has 0 saturated carbocycles. The van der Waals surface area contributed by atoms with Crippen LogP contribution in [0.2, 0.25) is 0 Å². The van der Waals surface area contributed by atoms with Gasteiger partial charge in [-0.3, -0.25) is 0 Å². The Morgan fingerprint density at radius 2 is 1.72 bits per heavy atom. The fourth-order valence-corrected chi connectivity index (χ4v) is 1.47. The van der Waals surface area contributed by atoms with Crippen LogP contribution >= 0.6 is 0 Å². The van der Waals surface area contributed by atoms with E-state index < -0.39 is 18.0 Å². The van der Waals surface area contributed by atoms with Gasteiger partial charge in [-0.2, -0.15) is 0 Å². The molecule has 0 radical (unpaired) electrons. The van der Waals surface area contributed by atoms with Crippen molar-refractivity contribution in [2.75, 3.05) is 6.61 Å². The Morgan fingerprint density at radius 1 is 1.22 bits per heavy atom. The predicted molar refractivity (Wildman–Crippen MR) is 61.7 cm³/mol. The van der Waals surface area contributed by atoms with Crippen molar-refractivity contribution in [3.05, 3.63) is 34.9 Å². The maximum Gasteiger partial charge on any atom is 0.336 e. The van der Waals surface area contributed by atoms with Gasteiger partial charge in [0, 0.05) is 5.56 Å². The van der Waals surface area contributed by atoms with E-state index >= 15 is 0 Å². The zero-order valence-electron chi connectivity index (χ0n) is 9.79. The van der Waals surface area contributed by atoms with Crippen molar-refractivity contribution in [1.29, 1.82) is 0 Å². The molecule has 1 unspecified atom stereocenters. The second kappa shape index (κ2) is 6.13. The average molecular weight is 254 g/mol. The Kier molecular flexibility index (Phi) is 4.82. The van der Waals surface area contributed by atoms with E-state index in [2.05, 4.69) is 0 Å². The molecule has 1 rings (SSSR count). The highest BCUT2D eigenvalue weighted by atomic mass is 16.5. The first-order valence-electron chi connectivity index (χ1n) is 5.27. The van der Waals surface area contributed by atoms with Crippen molar-refractivity contribution in [1.82, 2.24) is 0 Å². The number of carboxylic acid groups (broad SMARTS) is 2. The minimum Gasteiger partial charge on any atom is -0.478 e. The monoisotopic (exact) mass is 254 g/mol. The number of carbonyl (C=O) groups is 2. The lowest BCUT2D eigenvalue weighted by molar-refractivity contribution is 0.0361. The maximum atomic E-state index is 11.0. The number of ether oxygens (including phenoxy) is 1. The molecule has 0 aliphatic carbocycles. The fourth-order valence-electron chi connectivity index (χ4n) is 1.47. The highest BCUT2D eigenvalue weighted by molar-refractivity contribution is 5.96. The average Bonchev–Trinajstić information content (AvgIpc) is 2.28. The number of hydrogen-bond acceptors (Lipinski definition) is 4. The molecule has 18 heavy (non-hydrogen) atoms. The third-order valence-corrected chi connectivity index (χ3v) is 2.24. The molecule has 0 fully saturated rings. The topological polar surface area (TPSA) is 104 Å². The number of rotatable bonds is 6. The van der Waals surface area contributed by atoms with Gasteiger partial charge in [-0.05, 0) is 19.1 Å². The van der Waals surface area contributed by atoms with Crippen LogP contribution in [-0.2, 0) is 11.3 Å². The largest absolute Gasteiger partial charge is 0.478 e. The van der Waals surface area contributed by atoms with Gasteiger partial charge in [0.2, 0.25) is 0 Å². The molecule has 0 amide bonds. The molecule has 0 aliphatic heterocycles. The Hall–Kier alpha value is -1.92. The van der Waals surface area contributed by atoms with Crippen molar-refractivity contribution in [2.45, 2.75) is 19.6 Å². The van der Waals surface area contributed by atoms with Gasteiger partial charge in [-0.25, -0.2) is 9.59 Å². The lowest BCUT2D eigenvalue weighted by atomic mass is 10.0. The first-order chi connectivity index (χ1) is 8.43. The molecule has 0 heterocycles. The molecule has 6 heteroatoms. The standard InChI is InChI=1S/C12H14O6/c1-7(13)5-18-6-10-8(11(14)15)3-2-4-9(10)12(16)17/h2-4,7,13H,5-6H2,1H3,(H,14,15)(H,16,17). The predicted octanol–water partition coefficient (Wildman–Crippen LogP) is 0.980. The first-order valence-corrected chi connectivity index (χ1v) is 5.27. The van der Waals surface area contributed by atoms with Crippen LogP contribution in [0.15, 0.2) is 18.2 Å². The summed E-state index contributed by atoms with van der Waals surface area (Å²) in [7, 11) is 0. The van der Waals surface area contributed by atoms with Gasteiger partial charge in [0.25, 0.3) is 0 Å². The third-order valence-electron chi connectivity index (χ3n) is 2.24. The van der Waals surface area contributed by atoms with Crippen LogP contribution in [0.4, 0.5) is 0 Å². The molecule has 1 atom stereocenters. The van der Waals surface area contributed by atoms with Crippen molar-refractivity contribution >= 4 is 11.9 Å².